The summed E-state index contributed by atoms with van der Waals surface area (Å²) in [5, 5.41) is 4.53. The van der Waals surface area contributed by atoms with Gasteiger partial charge in [0.25, 0.3) is 0 Å². The number of aromatic nitrogens is 5. The first-order valence-electron chi connectivity index (χ1n) is 23.0. The summed E-state index contributed by atoms with van der Waals surface area (Å²) in [6, 6.07) is 88.3. The van der Waals surface area contributed by atoms with Gasteiger partial charge in [-0.3, -0.25) is 4.57 Å². The van der Waals surface area contributed by atoms with Crippen molar-refractivity contribution in [3.63, 3.8) is 0 Å². The van der Waals surface area contributed by atoms with E-state index in [1.807, 2.05) is 24.3 Å². The molecule has 0 amide bonds. The summed E-state index contributed by atoms with van der Waals surface area (Å²) in [4.78, 5) is 16.2. The highest BCUT2D eigenvalue weighted by Gasteiger charge is 2.25. The summed E-state index contributed by atoms with van der Waals surface area (Å²) in [6.45, 7) is 0. The van der Waals surface area contributed by atoms with Crippen LogP contribution in [0.5, 0.6) is 0 Å². The van der Waals surface area contributed by atoms with Gasteiger partial charge in [-0.1, -0.05) is 218 Å². The third-order valence-electron chi connectivity index (χ3n) is 13.2. The lowest BCUT2D eigenvalue weighted by molar-refractivity contribution is 0.953. The van der Waals surface area contributed by atoms with Crippen LogP contribution in [-0.4, -0.2) is 24.1 Å². The molecule has 0 unspecified atom stereocenters. The maximum Gasteiger partial charge on any atom is 0.238 e. The number of hydrogen-bond donors (Lipinski definition) is 0. The van der Waals surface area contributed by atoms with E-state index in [1.54, 1.807) is 0 Å². The number of nitrogens with zero attached hydrogens (tertiary/aromatic N) is 5. The van der Waals surface area contributed by atoms with Gasteiger partial charge in [-0.15, -0.1) is 0 Å². The standard InChI is InChI=1S/C63H41N5/c1-5-21-42(22-6-1)46-39-47(51-31-14-13-29-49(51)43-23-7-2-8-24-43)41-48(40-46)67-57-35-19-17-32-52(57)54-37-38-55-53-33-18-20-36-58(53)68(60(55)59(54)67)63-65-61(45-27-11-4-12-28-45)64-62(66-63)56-34-16-15-30-50(56)44-25-9-3-10-26-44/h1-41H. The summed E-state index contributed by atoms with van der Waals surface area (Å²) in [5.74, 6) is 1.75. The highest BCUT2D eigenvalue weighted by Crippen LogP contribution is 2.44. The zero-order chi connectivity index (χ0) is 45.0. The molecule has 0 aliphatic heterocycles. The van der Waals surface area contributed by atoms with Crippen LogP contribution in [0.25, 0.3) is 123 Å². The number of benzene rings is 10. The molecule has 0 aliphatic carbocycles. The highest BCUT2D eigenvalue weighted by molar-refractivity contribution is 6.23. The van der Waals surface area contributed by atoms with Gasteiger partial charge in [0.15, 0.2) is 11.6 Å². The minimum absolute atomic E-state index is 0.544. The first-order chi connectivity index (χ1) is 33.7. The van der Waals surface area contributed by atoms with E-state index in [0.29, 0.717) is 17.6 Å². The Hall–Kier alpha value is -9.19. The van der Waals surface area contributed by atoms with Crippen LogP contribution in [0.4, 0.5) is 0 Å². The molecule has 3 heterocycles. The van der Waals surface area contributed by atoms with E-state index in [0.717, 1.165) is 88.2 Å². The van der Waals surface area contributed by atoms with Gasteiger partial charge in [-0.25, -0.2) is 4.98 Å². The molecule has 68 heavy (non-hydrogen) atoms. The maximum absolute atomic E-state index is 5.50. The van der Waals surface area contributed by atoms with Crippen molar-refractivity contribution in [1.82, 2.24) is 24.1 Å². The second-order valence-corrected chi connectivity index (χ2v) is 17.2. The number of fused-ring (bicyclic) bond motifs is 7. The molecule has 0 spiro atoms. The van der Waals surface area contributed by atoms with Gasteiger partial charge in [0.05, 0.1) is 22.1 Å². The monoisotopic (exact) mass is 867 g/mol. The molecular formula is C63H41N5. The minimum Gasteiger partial charge on any atom is -0.307 e. The van der Waals surface area contributed by atoms with E-state index >= 15 is 0 Å². The van der Waals surface area contributed by atoms with Crippen LogP contribution < -0.4 is 0 Å². The van der Waals surface area contributed by atoms with Gasteiger partial charge in [-0.05, 0) is 74.8 Å². The summed E-state index contributed by atoms with van der Waals surface area (Å²) >= 11 is 0. The third-order valence-corrected chi connectivity index (χ3v) is 13.2. The normalized spacial score (nSPS) is 11.5. The molecule has 5 heteroatoms. The van der Waals surface area contributed by atoms with Crippen LogP contribution in [-0.2, 0) is 0 Å². The van der Waals surface area contributed by atoms with Crippen LogP contribution in [0.3, 0.4) is 0 Å². The molecule has 13 rings (SSSR count). The molecule has 0 bridgehead atoms. The molecular weight excluding hydrogens is 827 g/mol. The van der Waals surface area contributed by atoms with Gasteiger partial charge in [0, 0.05) is 38.4 Å². The average Bonchev–Trinajstić information content (AvgIpc) is 3.95. The molecule has 0 saturated carbocycles. The molecule has 5 nitrogen and oxygen atoms in total. The van der Waals surface area contributed by atoms with Gasteiger partial charge < -0.3 is 4.57 Å². The van der Waals surface area contributed by atoms with Crippen LogP contribution >= 0.6 is 0 Å². The lowest BCUT2D eigenvalue weighted by Gasteiger charge is -2.17. The first kappa shape index (κ1) is 39.2. The Balaban J connectivity index is 1.15. The average molecular weight is 868 g/mol. The molecule has 10 aromatic carbocycles. The fourth-order valence-corrected chi connectivity index (χ4v) is 10.1. The fourth-order valence-electron chi connectivity index (χ4n) is 10.1. The second-order valence-electron chi connectivity index (χ2n) is 17.2. The van der Waals surface area contributed by atoms with Crippen molar-refractivity contribution < 1.29 is 0 Å². The Bertz CT molecular complexity index is 3740. The lowest BCUT2D eigenvalue weighted by atomic mass is 9.92. The summed E-state index contributed by atoms with van der Waals surface area (Å²) in [6.07, 6.45) is 0. The fraction of sp³-hybridized carbons (Fsp3) is 0. The third kappa shape index (κ3) is 6.59. The van der Waals surface area contributed by atoms with Crippen molar-refractivity contribution in [3.8, 4) is 78.9 Å². The largest absolute Gasteiger partial charge is 0.307 e. The Morgan fingerprint density at radius 2 is 0.662 bits per heavy atom. The van der Waals surface area contributed by atoms with Gasteiger partial charge in [0.2, 0.25) is 5.95 Å². The lowest BCUT2D eigenvalue weighted by Crippen LogP contribution is -2.07. The Kier molecular flexibility index (Phi) is 9.43. The topological polar surface area (TPSA) is 48.5 Å². The van der Waals surface area contributed by atoms with Crippen LogP contribution in [0, 0.1) is 0 Å². The van der Waals surface area contributed by atoms with Crippen molar-refractivity contribution in [3.05, 3.63) is 249 Å². The first-order valence-corrected chi connectivity index (χ1v) is 23.0. The van der Waals surface area contributed by atoms with Crippen molar-refractivity contribution in [2.75, 3.05) is 0 Å². The molecule has 0 saturated heterocycles. The van der Waals surface area contributed by atoms with E-state index in [4.69, 9.17) is 15.0 Å². The van der Waals surface area contributed by atoms with Crippen LogP contribution in [0.1, 0.15) is 0 Å². The van der Waals surface area contributed by atoms with Crippen LogP contribution in [0.15, 0.2) is 249 Å². The molecule has 0 aliphatic rings. The number of rotatable bonds is 8. The predicted molar refractivity (Wildman–Crippen MR) is 281 cm³/mol. The smallest absolute Gasteiger partial charge is 0.238 e. The van der Waals surface area contributed by atoms with Gasteiger partial charge in [0.1, 0.15) is 0 Å². The van der Waals surface area contributed by atoms with E-state index < -0.39 is 0 Å². The zero-order valence-electron chi connectivity index (χ0n) is 36.9. The number of hydrogen-bond acceptors (Lipinski definition) is 3. The van der Waals surface area contributed by atoms with E-state index in [9.17, 15) is 0 Å². The maximum atomic E-state index is 5.50. The summed E-state index contributed by atoms with van der Waals surface area (Å²) in [5.41, 5.74) is 16.2. The van der Waals surface area contributed by atoms with Crippen molar-refractivity contribution in [2.45, 2.75) is 0 Å². The molecule has 3 aromatic heterocycles. The molecule has 0 N–H and O–H groups in total. The van der Waals surface area contributed by atoms with Gasteiger partial charge in [-0.2, -0.15) is 9.97 Å². The predicted octanol–water partition coefficient (Wildman–Crippen LogP) is 16.1. The van der Waals surface area contributed by atoms with E-state index in [1.165, 1.54) is 16.7 Å². The number of para-hydroxylation sites is 2. The van der Waals surface area contributed by atoms with Crippen molar-refractivity contribution >= 4 is 43.6 Å². The summed E-state index contributed by atoms with van der Waals surface area (Å²) < 4.78 is 4.74. The Morgan fingerprint density at radius 3 is 1.25 bits per heavy atom. The van der Waals surface area contributed by atoms with E-state index in [-0.39, 0.29) is 0 Å². The highest BCUT2D eigenvalue weighted by atomic mass is 15.2. The van der Waals surface area contributed by atoms with Crippen molar-refractivity contribution in [1.29, 1.82) is 0 Å². The van der Waals surface area contributed by atoms with Crippen LogP contribution in [0.2, 0.25) is 0 Å². The Morgan fingerprint density at radius 1 is 0.250 bits per heavy atom. The quantitative estimate of drug-likeness (QED) is 0.153. The summed E-state index contributed by atoms with van der Waals surface area (Å²) in [7, 11) is 0. The molecule has 0 radical (unpaired) electrons. The van der Waals surface area contributed by atoms with Gasteiger partial charge >= 0.3 is 0 Å². The minimum atomic E-state index is 0.544. The molecule has 0 atom stereocenters. The van der Waals surface area contributed by atoms with Crippen molar-refractivity contribution in [2.24, 2.45) is 0 Å². The van der Waals surface area contributed by atoms with E-state index in [2.05, 4.69) is 234 Å². The molecule has 318 valence electrons. The molecule has 13 aromatic rings. The SMILES string of the molecule is c1ccc(-c2cc(-c3ccccc3-c3ccccc3)cc(-n3c4ccccc4c4ccc5c6ccccc6n(-c6nc(-c7ccccc7)nc(-c7ccccc7-c7ccccc7)n6)c5c43)c2)cc1. The second kappa shape index (κ2) is 16.4. The Labute approximate surface area is 393 Å². The zero-order valence-corrected chi connectivity index (χ0v) is 36.9. The molecule has 0 fully saturated rings.